The molecule has 3 heterocycles. The monoisotopic (exact) mass is 618 g/mol. The van der Waals surface area contributed by atoms with Gasteiger partial charge < -0.3 is 26.0 Å². The summed E-state index contributed by atoms with van der Waals surface area (Å²) in [5.74, 6) is 4.16. The number of nitrogens with zero attached hydrogens (tertiary/aromatic N) is 5. The number of aliphatic hydroxyl groups excluding tert-OH is 1. The van der Waals surface area contributed by atoms with Crippen LogP contribution in [0.3, 0.4) is 0 Å². The smallest absolute Gasteiger partial charge is 0.229 e. The molecule has 3 fully saturated rings. The first kappa shape index (κ1) is 30.4. The molecule has 6 rings (SSSR count). The zero-order valence-corrected chi connectivity index (χ0v) is 26.1. The zero-order chi connectivity index (χ0) is 30.6. The normalized spacial score (nSPS) is 24.1. The number of nitrogens with one attached hydrogen (secondary N) is 3. The van der Waals surface area contributed by atoms with E-state index in [0.29, 0.717) is 41.1 Å². The molecule has 1 saturated heterocycles. The van der Waals surface area contributed by atoms with Gasteiger partial charge in [-0.05, 0) is 79.5 Å². The van der Waals surface area contributed by atoms with Crippen LogP contribution in [0.4, 0.5) is 23.1 Å². The van der Waals surface area contributed by atoms with Crippen molar-refractivity contribution in [1.29, 1.82) is 0 Å². The van der Waals surface area contributed by atoms with Crippen LogP contribution in [0, 0.1) is 23.7 Å². The fraction of sp³-hybridized carbons (Fsp3) is 0.515. The van der Waals surface area contributed by atoms with Crippen LogP contribution in [0.25, 0.3) is 0 Å². The number of halogens is 1. The SMILES string of the molecule is C=CC(O)Nc1cccc(CNc2nc(Nc3cnn(C4CCN(C(=O)CC5C(C)CC6CCC5C6)CC4)c3)ncc2Cl)c1. The molecule has 5 atom stereocenters. The molecule has 2 aliphatic carbocycles. The Morgan fingerprint density at radius 2 is 2.02 bits per heavy atom. The Labute approximate surface area is 264 Å². The van der Waals surface area contributed by atoms with Crippen LogP contribution in [-0.2, 0) is 11.3 Å². The van der Waals surface area contributed by atoms with Crippen molar-refractivity contribution in [3.63, 3.8) is 0 Å². The minimum absolute atomic E-state index is 0.250. The summed E-state index contributed by atoms with van der Waals surface area (Å²) >= 11 is 6.39. The summed E-state index contributed by atoms with van der Waals surface area (Å²) in [4.78, 5) is 24.2. The second-order valence-electron chi connectivity index (χ2n) is 12.7. The van der Waals surface area contributed by atoms with Crippen LogP contribution < -0.4 is 16.0 Å². The molecule has 0 radical (unpaired) electrons. The van der Waals surface area contributed by atoms with E-state index in [0.717, 1.165) is 61.1 Å². The van der Waals surface area contributed by atoms with Crippen molar-refractivity contribution in [2.75, 3.05) is 29.0 Å². The van der Waals surface area contributed by atoms with Crippen LogP contribution in [-0.4, -0.2) is 55.0 Å². The average Bonchev–Trinajstić information content (AvgIpc) is 3.67. The largest absolute Gasteiger partial charge is 0.370 e. The number of amides is 1. The lowest BCUT2D eigenvalue weighted by molar-refractivity contribution is -0.134. The number of aromatic nitrogens is 4. The molecule has 2 aromatic heterocycles. The van der Waals surface area contributed by atoms with E-state index < -0.39 is 6.23 Å². The van der Waals surface area contributed by atoms with E-state index in [1.165, 1.54) is 31.8 Å². The van der Waals surface area contributed by atoms with Crippen molar-refractivity contribution >= 4 is 40.6 Å². The average molecular weight is 619 g/mol. The predicted octanol–water partition coefficient (Wildman–Crippen LogP) is 6.22. The number of piperidine rings is 1. The quantitative estimate of drug-likeness (QED) is 0.148. The number of hydrogen-bond acceptors (Lipinski definition) is 8. The van der Waals surface area contributed by atoms with E-state index in [4.69, 9.17) is 11.6 Å². The molecule has 1 aromatic carbocycles. The molecule has 3 aliphatic rings. The highest BCUT2D eigenvalue weighted by Crippen LogP contribution is 2.49. The van der Waals surface area contributed by atoms with Gasteiger partial charge in [0.05, 0.1) is 24.1 Å². The van der Waals surface area contributed by atoms with Gasteiger partial charge in [-0.2, -0.15) is 10.1 Å². The summed E-state index contributed by atoms with van der Waals surface area (Å²) in [5, 5.41) is 24.3. The van der Waals surface area contributed by atoms with Gasteiger partial charge in [-0.15, -0.1) is 0 Å². The Morgan fingerprint density at radius 1 is 1.18 bits per heavy atom. The number of hydrogen-bond donors (Lipinski definition) is 4. The van der Waals surface area contributed by atoms with Crippen molar-refractivity contribution in [3.05, 3.63) is 66.1 Å². The van der Waals surface area contributed by atoms with Gasteiger partial charge in [0.2, 0.25) is 11.9 Å². The number of aliphatic hydroxyl groups is 1. The van der Waals surface area contributed by atoms with Crippen molar-refractivity contribution in [1.82, 2.24) is 24.6 Å². The molecule has 5 unspecified atom stereocenters. The lowest BCUT2D eigenvalue weighted by Crippen LogP contribution is -2.41. The minimum atomic E-state index is -0.820. The molecule has 0 spiro atoms. The third-order valence-corrected chi connectivity index (χ3v) is 10.0. The summed E-state index contributed by atoms with van der Waals surface area (Å²) < 4.78 is 1.99. The lowest BCUT2D eigenvalue weighted by Gasteiger charge is -2.37. The molecular weight excluding hydrogens is 576 g/mol. The first-order valence-corrected chi connectivity index (χ1v) is 16.2. The third kappa shape index (κ3) is 7.18. The fourth-order valence-corrected chi connectivity index (χ4v) is 7.59. The van der Waals surface area contributed by atoms with Gasteiger partial charge in [-0.3, -0.25) is 9.48 Å². The molecule has 1 aliphatic heterocycles. The van der Waals surface area contributed by atoms with Gasteiger partial charge in [0.1, 0.15) is 11.3 Å². The summed E-state index contributed by atoms with van der Waals surface area (Å²) in [6, 6.07) is 7.94. The number of fused-ring (bicyclic) bond motifs is 2. The number of likely N-dealkylation sites (tertiary alicyclic amines) is 1. The summed E-state index contributed by atoms with van der Waals surface area (Å²) in [6.45, 7) is 7.99. The Balaban J connectivity index is 1.00. The lowest BCUT2D eigenvalue weighted by atomic mass is 9.71. The number of carbonyl (C=O) groups excluding carboxylic acids is 1. The van der Waals surface area contributed by atoms with Gasteiger partial charge in [0, 0.05) is 37.9 Å². The Hall–Kier alpha value is -3.63. The number of benzene rings is 1. The number of anilines is 4. The summed E-state index contributed by atoms with van der Waals surface area (Å²) in [5.41, 5.74) is 2.56. The van der Waals surface area contributed by atoms with Gasteiger partial charge in [-0.25, -0.2) is 4.98 Å². The zero-order valence-electron chi connectivity index (χ0n) is 25.3. The Kier molecular flexibility index (Phi) is 9.37. The van der Waals surface area contributed by atoms with E-state index in [9.17, 15) is 9.90 Å². The number of carbonyl (C=O) groups is 1. The van der Waals surface area contributed by atoms with E-state index in [1.807, 2.05) is 35.1 Å². The van der Waals surface area contributed by atoms with Gasteiger partial charge in [0.15, 0.2) is 5.82 Å². The molecule has 2 bridgehead atoms. The summed E-state index contributed by atoms with van der Waals surface area (Å²) in [7, 11) is 0. The van der Waals surface area contributed by atoms with Crippen LogP contribution in [0.2, 0.25) is 5.02 Å². The van der Waals surface area contributed by atoms with E-state index in [1.54, 1.807) is 12.4 Å². The fourth-order valence-electron chi connectivity index (χ4n) is 7.43. The second kappa shape index (κ2) is 13.6. The molecule has 3 aromatic rings. The maximum Gasteiger partial charge on any atom is 0.229 e. The van der Waals surface area contributed by atoms with Gasteiger partial charge in [0.25, 0.3) is 0 Å². The summed E-state index contributed by atoms with van der Waals surface area (Å²) in [6.07, 6.45) is 13.8. The van der Waals surface area contributed by atoms with Crippen molar-refractivity contribution in [2.24, 2.45) is 23.7 Å². The maximum atomic E-state index is 13.2. The highest BCUT2D eigenvalue weighted by molar-refractivity contribution is 6.32. The second-order valence-corrected chi connectivity index (χ2v) is 13.1. The third-order valence-electron chi connectivity index (χ3n) is 9.75. The first-order chi connectivity index (χ1) is 21.3. The van der Waals surface area contributed by atoms with Crippen molar-refractivity contribution in [3.8, 4) is 0 Å². The van der Waals surface area contributed by atoms with E-state index in [2.05, 4.69) is 49.4 Å². The molecule has 10 nitrogen and oxygen atoms in total. The molecule has 234 valence electrons. The van der Waals surface area contributed by atoms with Crippen molar-refractivity contribution in [2.45, 2.75) is 70.7 Å². The van der Waals surface area contributed by atoms with E-state index in [-0.39, 0.29) is 6.04 Å². The van der Waals surface area contributed by atoms with Crippen LogP contribution in [0.15, 0.2) is 55.5 Å². The van der Waals surface area contributed by atoms with E-state index >= 15 is 0 Å². The first-order valence-electron chi connectivity index (χ1n) is 15.9. The van der Waals surface area contributed by atoms with Crippen molar-refractivity contribution < 1.29 is 9.90 Å². The van der Waals surface area contributed by atoms with Crippen LogP contribution in [0.1, 0.15) is 63.5 Å². The number of rotatable bonds is 11. The molecule has 4 N–H and O–H groups in total. The van der Waals surface area contributed by atoms with Crippen LogP contribution in [0.5, 0.6) is 0 Å². The molecule has 11 heteroatoms. The predicted molar refractivity (Wildman–Crippen MR) is 174 cm³/mol. The van der Waals surface area contributed by atoms with Gasteiger partial charge in [-0.1, -0.05) is 43.7 Å². The molecule has 1 amide bonds. The Bertz CT molecular complexity index is 1460. The highest BCUT2D eigenvalue weighted by Gasteiger charge is 2.41. The molecule has 2 saturated carbocycles. The highest BCUT2D eigenvalue weighted by atomic mass is 35.5. The van der Waals surface area contributed by atoms with Gasteiger partial charge >= 0.3 is 0 Å². The minimum Gasteiger partial charge on any atom is -0.370 e. The molecular formula is C33H43ClN8O2. The standard InChI is InChI=1S/C33H43ClN8O2/c1-3-30(43)38-25-6-4-5-23(15-25)17-35-32-29(34)19-36-33(40-32)39-26-18-37-42(20-26)27-9-11-41(12-10-27)31(44)16-28-21(2)13-22-7-8-24(28)14-22/h3-6,15,18-22,24,27-28,30,38,43H,1,7-14,16-17H2,2H3,(H2,35,36,39,40). The maximum absolute atomic E-state index is 13.2. The Morgan fingerprint density at radius 3 is 2.84 bits per heavy atom. The van der Waals surface area contributed by atoms with Crippen LogP contribution >= 0.6 is 11.6 Å². The molecule has 44 heavy (non-hydrogen) atoms. The topological polar surface area (TPSA) is 120 Å².